The van der Waals surface area contributed by atoms with Gasteiger partial charge in [0.15, 0.2) is 18.5 Å². The van der Waals surface area contributed by atoms with Crippen molar-refractivity contribution in [1.29, 1.82) is 0 Å². The number of ether oxygens (including phenoxy) is 5. The second-order valence-corrected chi connectivity index (χ2v) is 17.7. The summed E-state index contributed by atoms with van der Waals surface area (Å²) in [7, 11) is 0. The number of hydrogen-bond acceptors (Lipinski definition) is 13. The predicted molar refractivity (Wildman–Crippen MR) is 231 cm³/mol. The molecule has 352 valence electrons. The van der Waals surface area contributed by atoms with Gasteiger partial charge in [-0.15, -0.1) is 6.58 Å². The molecule has 13 nitrogen and oxygen atoms in total. The SMILES string of the molecule is C=CCCCCCCCCCCC[C@H](C)C[C@H](C)C(=O)OC1C(OC(=O)CCCCCCCCCCCCCCC)[C@@H](O[C@H]2OC(CO)[C@@H](O)C(O)C2O)OC(CO)[C@H]1O. The molecule has 0 aliphatic carbocycles. The molecule has 0 radical (unpaired) electrons. The second-order valence-electron chi connectivity index (χ2n) is 17.7. The van der Waals surface area contributed by atoms with E-state index >= 15 is 0 Å². The summed E-state index contributed by atoms with van der Waals surface area (Å²) < 4.78 is 29.0. The third-order valence-electron chi connectivity index (χ3n) is 12.2. The van der Waals surface area contributed by atoms with Gasteiger partial charge in [-0.1, -0.05) is 162 Å². The van der Waals surface area contributed by atoms with Crippen LogP contribution in [0.15, 0.2) is 12.7 Å². The molecule has 60 heavy (non-hydrogen) atoms. The van der Waals surface area contributed by atoms with E-state index in [9.17, 15) is 40.2 Å². The maximum Gasteiger partial charge on any atom is 0.309 e. The lowest BCUT2D eigenvalue weighted by atomic mass is 9.92. The van der Waals surface area contributed by atoms with Crippen LogP contribution in [-0.2, 0) is 33.3 Å². The summed E-state index contributed by atoms with van der Waals surface area (Å²) in [5.74, 6) is -1.59. The second kappa shape index (κ2) is 32.9. The van der Waals surface area contributed by atoms with E-state index in [4.69, 9.17) is 23.7 Å². The van der Waals surface area contributed by atoms with Gasteiger partial charge >= 0.3 is 11.9 Å². The van der Waals surface area contributed by atoms with Crippen molar-refractivity contribution < 1.29 is 63.9 Å². The Labute approximate surface area is 361 Å². The lowest BCUT2D eigenvalue weighted by Gasteiger charge is -2.46. The molecule has 2 aliphatic rings. The third kappa shape index (κ3) is 21.1. The van der Waals surface area contributed by atoms with Crippen molar-refractivity contribution in [2.75, 3.05) is 13.2 Å². The Hall–Kier alpha value is -1.68. The largest absolute Gasteiger partial charge is 0.455 e. The smallest absolute Gasteiger partial charge is 0.309 e. The van der Waals surface area contributed by atoms with Gasteiger partial charge in [-0.25, -0.2) is 0 Å². The average Bonchev–Trinajstić information content (AvgIpc) is 3.23. The maximum absolute atomic E-state index is 13.6. The Balaban J connectivity index is 1.99. The van der Waals surface area contributed by atoms with E-state index in [-0.39, 0.29) is 12.3 Å². The molecule has 2 fully saturated rings. The molecule has 0 amide bonds. The standard InChI is InChI=1S/C47H86O13/c1-5-7-9-11-13-15-17-18-20-22-24-26-28-30-38(50)58-44-43(40(52)37(33-49)57-47(44)60-46-42(54)41(53)39(51)36(32-48)56-46)59-45(55)35(4)31-34(3)29-27-25-23-21-19-16-14-12-10-8-6-2/h6,34-37,39-44,46-49,51-54H,2,5,7-33H2,1,3-4H3/t34-,35-,36?,37?,39+,40+,41?,42?,43?,44?,46+,47+/m0/s1. The Morgan fingerprint density at radius 3 is 1.62 bits per heavy atom. The Morgan fingerprint density at radius 1 is 0.600 bits per heavy atom. The van der Waals surface area contributed by atoms with Crippen molar-refractivity contribution >= 4 is 11.9 Å². The van der Waals surface area contributed by atoms with Crippen LogP contribution in [0.4, 0.5) is 0 Å². The van der Waals surface area contributed by atoms with Gasteiger partial charge in [-0.3, -0.25) is 9.59 Å². The molecule has 13 heteroatoms. The zero-order chi connectivity index (χ0) is 44.1. The highest BCUT2D eigenvalue weighted by atomic mass is 16.8. The lowest BCUT2D eigenvalue weighted by molar-refractivity contribution is -0.377. The third-order valence-corrected chi connectivity index (χ3v) is 12.2. The molecule has 6 unspecified atom stereocenters. The summed E-state index contributed by atoms with van der Waals surface area (Å²) in [5.41, 5.74) is 0. The first kappa shape index (κ1) is 54.5. The molecule has 2 rings (SSSR count). The van der Waals surface area contributed by atoms with Crippen molar-refractivity contribution in [2.24, 2.45) is 11.8 Å². The average molecular weight is 859 g/mol. The van der Waals surface area contributed by atoms with Crippen LogP contribution >= 0.6 is 0 Å². The summed E-state index contributed by atoms with van der Waals surface area (Å²) in [5, 5.41) is 62.6. The van der Waals surface area contributed by atoms with Gasteiger partial charge in [-0.2, -0.15) is 0 Å². The highest BCUT2D eigenvalue weighted by Gasteiger charge is 2.53. The highest BCUT2D eigenvalue weighted by Crippen LogP contribution is 2.32. The summed E-state index contributed by atoms with van der Waals surface area (Å²) in [6.07, 6.45) is 14.5. The first-order chi connectivity index (χ1) is 29.0. The molecule has 0 saturated carbocycles. The molecule has 0 aromatic rings. The molecule has 12 atom stereocenters. The molecular formula is C47H86O13. The van der Waals surface area contributed by atoms with E-state index in [0.29, 0.717) is 12.8 Å². The van der Waals surface area contributed by atoms with E-state index in [1.807, 2.05) is 6.08 Å². The molecular weight excluding hydrogens is 773 g/mol. The molecule has 2 saturated heterocycles. The molecule has 2 heterocycles. The minimum Gasteiger partial charge on any atom is -0.455 e. The number of esters is 2. The van der Waals surface area contributed by atoms with Crippen molar-refractivity contribution in [2.45, 2.75) is 249 Å². The monoisotopic (exact) mass is 859 g/mol. The maximum atomic E-state index is 13.6. The minimum atomic E-state index is -1.81. The zero-order valence-corrected chi connectivity index (χ0v) is 37.6. The van der Waals surface area contributed by atoms with E-state index in [1.54, 1.807) is 6.92 Å². The fourth-order valence-corrected chi connectivity index (χ4v) is 8.31. The van der Waals surface area contributed by atoms with Gasteiger partial charge in [0.05, 0.1) is 19.1 Å². The Kier molecular flexibility index (Phi) is 29.9. The van der Waals surface area contributed by atoms with Crippen LogP contribution in [0.1, 0.15) is 188 Å². The van der Waals surface area contributed by atoms with Gasteiger partial charge in [0.1, 0.15) is 36.6 Å². The fourth-order valence-electron chi connectivity index (χ4n) is 8.31. The highest BCUT2D eigenvalue weighted by molar-refractivity contribution is 5.72. The number of carbonyl (C=O) groups excluding carboxylic acids is 2. The van der Waals surface area contributed by atoms with Crippen molar-refractivity contribution in [3.8, 4) is 0 Å². The van der Waals surface area contributed by atoms with E-state index in [0.717, 1.165) is 51.4 Å². The topological polar surface area (TPSA) is 202 Å². The first-order valence-electron chi connectivity index (χ1n) is 23.9. The number of carbonyl (C=O) groups is 2. The van der Waals surface area contributed by atoms with E-state index in [2.05, 4.69) is 20.4 Å². The van der Waals surface area contributed by atoms with Crippen molar-refractivity contribution in [1.82, 2.24) is 0 Å². The van der Waals surface area contributed by atoms with Gasteiger partial charge < -0.3 is 54.3 Å². The van der Waals surface area contributed by atoms with Crippen LogP contribution in [0.2, 0.25) is 0 Å². The van der Waals surface area contributed by atoms with Gasteiger partial charge in [0.25, 0.3) is 0 Å². The number of hydrogen-bond donors (Lipinski definition) is 6. The van der Waals surface area contributed by atoms with Crippen LogP contribution in [0.5, 0.6) is 0 Å². The Morgan fingerprint density at radius 2 is 1.08 bits per heavy atom. The lowest BCUT2D eigenvalue weighted by Crippen LogP contribution is -2.65. The van der Waals surface area contributed by atoms with Gasteiger partial charge in [0.2, 0.25) is 6.29 Å². The van der Waals surface area contributed by atoms with Crippen LogP contribution in [-0.4, -0.2) is 117 Å². The predicted octanol–water partition coefficient (Wildman–Crippen LogP) is 7.33. The van der Waals surface area contributed by atoms with Gasteiger partial charge in [-0.05, 0) is 31.6 Å². The molecule has 0 aromatic carbocycles. The number of aliphatic hydroxyl groups excluding tert-OH is 6. The molecule has 2 aliphatic heterocycles. The van der Waals surface area contributed by atoms with Crippen LogP contribution in [0, 0.1) is 11.8 Å². The molecule has 6 N–H and O–H groups in total. The molecule has 0 bridgehead atoms. The normalized spacial score (nSPS) is 27.9. The van der Waals surface area contributed by atoms with Crippen molar-refractivity contribution in [3.63, 3.8) is 0 Å². The zero-order valence-electron chi connectivity index (χ0n) is 37.6. The van der Waals surface area contributed by atoms with E-state index in [1.165, 1.54) is 96.3 Å². The number of allylic oxidation sites excluding steroid dienone is 1. The van der Waals surface area contributed by atoms with Crippen LogP contribution in [0.3, 0.4) is 0 Å². The van der Waals surface area contributed by atoms with Crippen molar-refractivity contribution in [3.05, 3.63) is 12.7 Å². The first-order valence-corrected chi connectivity index (χ1v) is 23.9. The summed E-state index contributed by atoms with van der Waals surface area (Å²) in [4.78, 5) is 26.9. The molecule has 0 aromatic heterocycles. The van der Waals surface area contributed by atoms with E-state index < -0.39 is 92.5 Å². The summed E-state index contributed by atoms with van der Waals surface area (Å²) in [6, 6.07) is 0. The van der Waals surface area contributed by atoms with Crippen LogP contribution < -0.4 is 0 Å². The summed E-state index contributed by atoms with van der Waals surface area (Å²) in [6.45, 7) is 8.43. The Bertz CT molecular complexity index is 1110. The fraction of sp³-hybridized carbons (Fsp3) is 0.915. The van der Waals surface area contributed by atoms with Crippen LogP contribution in [0.25, 0.3) is 0 Å². The number of unbranched alkanes of at least 4 members (excludes halogenated alkanes) is 21. The summed E-state index contributed by atoms with van der Waals surface area (Å²) >= 11 is 0. The van der Waals surface area contributed by atoms with Gasteiger partial charge in [0, 0.05) is 6.42 Å². The number of aliphatic hydroxyl groups is 6. The quantitative estimate of drug-likeness (QED) is 0.0211. The molecule has 0 spiro atoms. The minimum absolute atomic E-state index is 0.0469. The number of rotatable bonds is 35.